The zero-order valence-corrected chi connectivity index (χ0v) is 14.3. The van der Waals surface area contributed by atoms with E-state index in [9.17, 15) is 4.79 Å². The van der Waals surface area contributed by atoms with Gasteiger partial charge in [-0.05, 0) is 38.2 Å². The fourth-order valence-electron chi connectivity index (χ4n) is 2.68. The molecule has 2 aromatic rings. The quantitative estimate of drug-likeness (QED) is 0.579. The lowest BCUT2D eigenvalue weighted by molar-refractivity contribution is -0.122. The van der Waals surface area contributed by atoms with E-state index in [1.54, 1.807) is 0 Å². The summed E-state index contributed by atoms with van der Waals surface area (Å²) in [4.78, 5) is 12.8. The van der Waals surface area contributed by atoms with Crippen LogP contribution in [-0.2, 0) is 4.79 Å². The minimum atomic E-state index is -0.458. The Balaban J connectivity index is 1.84. The first-order valence-corrected chi connectivity index (χ1v) is 8.19. The second-order valence-electron chi connectivity index (χ2n) is 5.85. The molecule has 0 saturated carbocycles. The molecular weight excluding hydrogens is 322 g/mol. The summed E-state index contributed by atoms with van der Waals surface area (Å²) in [5, 5.41) is 3.40. The first-order chi connectivity index (χ1) is 11.6. The highest BCUT2D eigenvalue weighted by atomic mass is 32.1. The summed E-state index contributed by atoms with van der Waals surface area (Å²) in [5.74, 6) is 0.741. The van der Waals surface area contributed by atoms with Gasteiger partial charge in [-0.2, -0.15) is 0 Å². The molecule has 0 fully saturated rings. The third-order valence-corrected chi connectivity index (χ3v) is 3.88. The number of para-hydroxylation sites is 2. The Hall–Kier alpha value is -2.60. The molecule has 0 bridgehead atoms. The highest BCUT2D eigenvalue weighted by molar-refractivity contribution is 7.80. The predicted octanol–water partition coefficient (Wildman–Crippen LogP) is 2.83. The van der Waals surface area contributed by atoms with Crippen molar-refractivity contribution >= 4 is 23.2 Å². The third-order valence-electron chi connectivity index (χ3n) is 3.66. The molecule has 2 aromatic carbocycles. The number of carbonyl (C=O) groups excluding carboxylic acids is 1. The van der Waals surface area contributed by atoms with Gasteiger partial charge in [0.15, 0.2) is 5.11 Å². The van der Waals surface area contributed by atoms with Gasteiger partial charge in [-0.25, -0.2) is 0 Å². The van der Waals surface area contributed by atoms with E-state index in [-0.39, 0.29) is 11.9 Å². The summed E-state index contributed by atoms with van der Waals surface area (Å²) in [5.41, 5.74) is 7.11. The average Bonchev–Trinajstić information content (AvgIpc) is 2.57. The Labute approximate surface area is 146 Å². The predicted molar refractivity (Wildman–Crippen MR) is 96.9 cm³/mol. The molecule has 1 aliphatic rings. The van der Waals surface area contributed by atoms with Gasteiger partial charge in [-0.3, -0.25) is 15.6 Å². The molecule has 3 N–H and O–H groups in total. The maximum atomic E-state index is 12.8. The second-order valence-corrected chi connectivity index (χ2v) is 6.26. The van der Waals surface area contributed by atoms with Crippen molar-refractivity contribution in [3.05, 3.63) is 59.7 Å². The first kappa shape index (κ1) is 16.3. The molecule has 1 aliphatic heterocycles. The number of thiocarbonyl (C=S) groups is 1. The van der Waals surface area contributed by atoms with Gasteiger partial charge in [0.2, 0.25) is 0 Å². The molecule has 0 saturated heterocycles. The molecule has 5 nitrogen and oxygen atoms in total. The number of fused-ring (bicyclic) bond motifs is 2. The first-order valence-electron chi connectivity index (χ1n) is 7.78. The van der Waals surface area contributed by atoms with Crippen molar-refractivity contribution < 1.29 is 9.53 Å². The van der Waals surface area contributed by atoms with Crippen molar-refractivity contribution in [2.75, 3.05) is 0 Å². The minimum Gasteiger partial charge on any atom is -0.457 e. The lowest BCUT2D eigenvalue weighted by Gasteiger charge is -2.27. The van der Waals surface area contributed by atoms with Gasteiger partial charge in [0, 0.05) is 17.2 Å². The maximum absolute atomic E-state index is 12.8. The van der Waals surface area contributed by atoms with Crippen molar-refractivity contribution in [3.8, 4) is 11.5 Å². The summed E-state index contributed by atoms with van der Waals surface area (Å²) in [6.07, 6.45) is 0. The molecule has 1 heterocycles. The summed E-state index contributed by atoms with van der Waals surface area (Å²) >= 11 is 5.14. The molecule has 3 rings (SSSR count). The number of hydrogen-bond donors (Lipinski definition) is 3. The van der Waals surface area contributed by atoms with Crippen LogP contribution in [0.2, 0.25) is 0 Å². The van der Waals surface area contributed by atoms with Gasteiger partial charge in [0.1, 0.15) is 11.5 Å². The van der Waals surface area contributed by atoms with E-state index in [1.807, 2.05) is 62.4 Å². The Morgan fingerprint density at radius 2 is 1.54 bits per heavy atom. The van der Waals surface area contributed by atoms with E-state index >= 15 is 0 Å². The summed E-state index contributed by atoms with van der Waals surface area (Å²) in [7, 11) is 0. The monoisotopic (exact) mass is 341 g/mol. The van der Waals surface area contributed by atoms with Crippen molar-refractivity contribution in [1.82, 2.24) is 16.2 Å². The van der Waals surface area contributed by atoms with Gasteiger partial charge < -0.3 is 10.1 Å². The summed E-state index contributed by atoms with van der Waals surface area (Å²) < 4.78 is 5.90. The van der Waals surface area contributed by atoms with Crippen LogP contribution in [0.4, 0.5) is 0 Å². The van der Waals surface area contributed by atoms with E-state index in [4.69, 9.17) is 17.0 Å². The van der Waals surface area contributed by atoms with E-state index in [0.717, 1.165) is 11.1 Å². The highest BCUT2D eigenvalue weighted by Gasteiger charge is 2.32. The van der Waals surface area contributed by atoms with Crippen molar-refractivity contribution in [1.29, 1.82) is 0 Å². The zero-order valence-electron chi connectivity index (χ0n) is 13.5. The summed E-state index contributed by atoms with van der Waals surface area (Å²) in [6, 6.07) is 15.3. The molecule has 0 spiro atoms. The fourth-order valence-corrected chi connectivity index (χ4v) is 2.97. The van der Waals surface area contributed by atoms with E-state index in [1.165, 1.54) is 0 Å². The molecule has 6 heteroatoms. The Morgan fingerprint density at radius 3 is 2.08 bits per heavy atom. The minimum absolute atomic E-state index is 0.187. The molecule has 1 amide bonds. The third kappa shape index (κ3) is 3.33. The van der Waals surface area contributed by atoms with Gasteiger partial charge >= 0.3 is 0 Å². The van der Waals surface area contributed by atoms with Crippen LogP contribution in [0, 0.1) is 0 Å². The highest BCUT2D eigenvalue weighted by Crippen LogP contribution is 2.43. The number of ether oxygens (including phenoxy) is 1. The Kier molecular flexibility index (Phi) is 4.66. The van der Waals surface area contributed by atoms with Gasteiger partial charge in [-0.1, -0.05) is 36.4 Å². The van der Waals surface area contributed by atoms with Crippen molar-refractivity contribution in [2.24, 2.45) is 0 Å². The Morgan fingerprint density at radius 1 is 1.00 bits per heavy atom. The topological polar surface area (TPSA) is 62.4 Å². The standard InChI is InChI=1S/C18H19N3O2S/c1-11(2)19-18(24)21-20-17(22)16-12-7-3-5-9-14(12)23-15-10-6-4-8-13(15)16/h3-11,16H,1-2H3,(H,20,22)(H2,19,21,24). The molecule has 24 heavy (non-hydrogen) atoms. The maximum Gasteiger partial charge on any atom is 0.250 e. The molecule has 0 unspecified atom stereocenters. The van der Waals surface area contributed by atoms with E-state index < -0.39 is 5.92 Å². The number of hydrogen-bond acceptors (Lipinski definition) is 3. The van der Waals surface area contributed by atoms with Crippen LogP contribution in [0.25, 0.3) is 0 Å². The SMILES string of the molecule is CC(C)NC(=S)NNC(=O)C1c2ccccc2Oc2ccccc21. The largest absolute Gasteiger partial charge is 0.457 e. The van der Waals surface area contributed by atoms with Crippen molar-refractivity contribution in [3.63, 3.8) is 0 Å². The van der Waals surface area contributed by atoms with Crippen LogP contribution in [0.15, 0.2) is 48.5 Å². The van der Waals surface area contributed by atoms with E-state index in [2.05, 4.69) is 16.2 Å². The fraction of sp³-hybridized carbons (Fsp3) is 0.222. The van der Waals surface area contributed by atoms with Crippen LogP contribution < -0.4 is 20.9 Å². The van der Waals surface area contributed by atoms with Crippen LogP contribution in [0.1, 0.15) is 30.9 Å². The van der Waals surface area contributed by atoms with E-state index in [0.29, 0.717) is 16.6 Å². The number of benzene rings is 2. The van der Waals surface area contributed by atoms with Crippen LogP contribution >= 0.6 is 12.2 Å². The molecule has 0 atom stereocenters. The van der Waals surface area contributed by atoms with Gasteiger partial charge in [0.25, 0.3) is 5.91 Å². The summed E-state index contributed by atoms with van der Waals surface area (Å²) in [6.45, 7) is 3.95. The molecule has 124 valence electrons. The lowest BCUT2D eigenvalue weighted by Crippen LogP contribution is -2.50. The number of rotatable bonds is 2. The number of nitrogens with one attached hydrogen (secondary N) is 3. The normalized spacial score (nSPS) is 12.6. The number of carbonyl (C=O) groups is 1. The lowest BCUT2D eigenvalue weighted by atomic mass is 9.87. The molecule has 0 aromatic heterocycles. The zero-order chi connectivity index (χ0) is 17.1. The van der Waals surface area contributed by atoms with Gasteiger partial charge in [-0.15, -0.1) is 0 Å². The van der Waals surface area contributed by atoms with Crippen molar-refractivity contribution in [2.45, 2.75) is 25.8 Å². The molecular formula is C18H19N3O2S. The molecule has 0 aliphatic carbocycles. The smallest absolute Gasteiger partial charge is 0.250 e. The van der Waals surface area contributed by atoms with Gasteiger partial charge in [0.05, 0.1) is 5.92 Å². The average molecular weight is 341 g/mol. The number of amides is 1. The molecule has 0 radical (unpaired) electrons. The van der Waals surface area contributed by atoms with Crippen LogP contribution in [0.5, 0.6) is 11.5 Å². The Bertz CT molecular complexity index is 731. The van der Waals surface area contributed by atoms with Crippen LogP contribution in [0.3, 0.4) is 0 Å². The second kappa shape index (κ2) is 6.88. The number of hydrazine groups is 1. The van der Waals surface area contributed by atoms with Crippen LogP contribution in [-0.4, -0.2) is 17.1 Å².